The van der Waals surface area contributed by atoms with Crippen LogP contribution in [0, 0.1) is 0 Å². The van der Waals surface area contributed by atoms with E-state index >= 15 is 0 Å². The maximum atomic E-state index is 6.01. The van der Waals surface area contributed by atoms with Crippen LogP contribution in [0.5, 0.6) is 5.75 Å². The van der Waals surface area contributed by atoms with Crippen molar-refractivity contribution in [2.45, 2.75) is 19.8 Å². The third-order valence-electron chi connectivity index (χ3n) is 2.60. The van der Waals surface area contributed by atoms with Gasteiger partial charge in [-0.2, -0.15) is 0 Å². The topological polar surface area (TPSA) is 47.0 Å². The molecule has 0 radical (unpaired) electrons. The number of para-hydroxylation sites is 2. The molecule has 0 saturated heterocycles. The lowest BCUT2D eigenvalue weighted by molar-refractivity contribution is 0.417. The van der Waals surface area contributed by atoms with E-state index in [1.165, 1.54) is 0 Å². The maximum Gasteiger partial charge on any atom is 0.142 e. The van der Waals surface area contributed by atoms with Gasteiger partial charge < -0.3 is 10.1 Å². The molecule has 0 spiro atoms. The molecule has 2 aromatic rings. The zero-order valence-electron chi connectivity index (χ0n) is 11.1. The van der Waals surface area contributed by atoms with Gasteiger partial charge in [-0.3, -0.25) is 0 Å². The molecule has 0 aliphatic rings. The van der Waals surface area contributed by atoms with Gasteiger partial charge in [-0.25, -0.2) is 9.97 Å². The van der Waals surface area contributed by atoms with Gasteiger partial charge >= 0.3 is 0 Å². The predicted octanol–water partition coefficient (Wildman–Crippen LogP) is 4.01. The second-order valence-electron chi connectivity index (χ2n) is 4.41. The third-order valence-corrected chi connectivity index (χ3v) is 2.79. The van der Waals surface area contributed by atoms with Gasteiger partial charge in [0, 0.05) is 12.0 Å². The number of ether oxygens (including phenoxy) is 1. The first kappa shape index (κ1) is 13.6. The van der Waals surface area contributed by atoms with Crippen molar-refractivity contribution in [2.75, 3.05) is 12.4 Å². The summed E-state index contributed by atoms with van der Waals surface area (Å²) in [4.78, 5) is 8.64. The molecule has 0 saturated carbocycles. The molecule has 1 aromatic heterocycles. The van der Waals surface area contributed by atoms with Crippen molar-refractivity contribution in [3.8, 4) is 5.75 Å². The van der Waals surface area contributed by atoms with E-state index in [0.717, 1.165) is 11.4 Å². The standard InChI is InChI=1S/C14H16ClN3O/c1-9(2)14-17-12(15)8-13(18-14)16-10-6-4-5-7-11(10)19-3/h4-9H,1-3H3,(H,16,17,18). The fraction of sp³-hybridized carbons (Fsp3) is 0.286. The highest BCUT2D eigenvalue weighted by Crippen LogP contribution is 2.27. The lowest BCUT2D eigenvalue weighted by Crippen LogP contribution is -2.02. The van der Waals surface area contributed by atoms with Crippen LogP contribution in [0.2, 0.25) is 5.15 Å². The molecular formula is C14H16ClN3O. The minimum atomic E-state index is 0.219. The number of nitrogens with one attached hydrogen (secondary N) is 1. The quantitative estimate of drug-likeness (QED) is 0.858. The van der Waals surface area contributed by atoms with Crippen molar-refractivity contribution in [1.29, 1.82) is 0 Å². The molecule has 0 aliphatic carbocycles. The Labute approximate surface area is 117 Å². The van der Waals surface area contributed by atoms with Crippen molar-refractivity contribution in [3.63, 3.8) is 0 Å². The van der Waals surface area contributed by atoms with Crippen LogP contribution in [0.15, 0.2) is 30.3 Å². The molecule has 0 atom stereocenters. The smallest absolute Gasteiger partial charge is 0.142 e. The molecule has 0 amide bonds. The van der Waals surface area contributed by atoms with Gasteiger partial charge in [0.25, 0.3) is 0 Å². The maximum absolute atomic E-state index is 6.01. The summed E-state index contributed by atoms with van der Waals surface area (Å²) in [6, 6.07) is 9.34. The lowest BCUT2D eigenvalue weighted by atomic mass is 10.2. The van der Waals surface area contributed by atoms with E-state index < -0.39 is 0 Å². The first-order valence-electron chi connectivity index (χ1n) is 6.04. The largest absolute Gasteiger partial charge is 0.495 e. The van der Waals surface area contributed by atoms with Gasteiger partial charge in [0.1, 0.15) is 22.5 Å². The Kier molecular flexibility index (Phi) is 4.22. The summed E-state index contributed by atoms with van der Waals surface area (Å²) in [7, 11) is 1.63. The van der Waals surface area contributed by atoms with Crippen molar-refractivity contribution in [2.24, 2.45) is 0 Å². The molecule has 100 valence electrons. The van der Waals surface area contributed by atoms with Crippen LogP contribution in [-0.4, -0.2) is 17.1 Å². The zero-order valence-corrected chi connectivity index (χ0v) is 11.9. The van der Waals surface area contributed by atoms with E-state index in [1.54, 1.807) is 13.2 Å². The van der Waals surface area contributed by atoms with E-state index in [2.05, 4.69) is 15.3 Å². The molecule has 0 bridgehead atoms. The number of anilines is 2. The SMILES string of the molecule is COc1ccccc1Nc1cc(Cl)nc(C(C)C)n1. The molecule has 0 aliphatic heterocycles. The van der Waals surface area contributed by atoms with Gasteiger partial charge in [-0.05, 0) is 12.1 Å². The Balaban J connectivity index is 2.32. The third kappa shape index (κ3) is 3.35. The molecule has 1 aromatic carbocycles. The fourth-order valence-electron chi connectivity index (χ4n) is 1.64. The van der Waals surface area contributed by atoms with Gasteiger partial charge in [-0.15, -0.1) is 0 Å². The average molecular weight is 278 g/mol. The summed E-state index contributed by atoms with van der Waals surface area (Å²) in [6.07, 6.45) is 0. The molecule has 0 unspecified atom stereocenters. The molecule has 2 rings (SSSR count). The number of benzene rings is 1. The van der Waals surface area contributed by atoms with Gasteiger partial charge in [-0.1, -0.05) is 37.6 Å². The van der Waals surface area contributed by atoms with Crippen LogP contribution in [0.3, 0.4) is 0 Å². The van der Waals surface area contributed by atoms with E-state index in [-0.39, 0.29) is 5.92 Å². The molecule has 4 nitrogen and oxygen atoms in total. The van der Waals surface area contributed by atoms with Gasteiger partial charge in [0.05, 0.1) is 12.8 Å². The zero-order chi connectivity index (χ0) is 13.8. The van der Waals surface area contributed by atoms with Gasteiger partial charge in [0.15, 0.2) is 0 Å². The van der Waals surface area contributed by atoms with E-state index in [4.69, 9.17) is 16.3 Å². The second kappa shape index (κ2) is 5.89. The number of rotatable bonds is 4. The Bertz CT molecular complexity index is 572. The van der Waals surface area contributed by atoms with Crippen LogP contribution >= 0.6 is 11.6 Å². The summed E-state index contributed by atoms with van der Waals surface area (Å²) < 4.78 is 5.29. The molecular weight excluding hydrogens is 262 g/mol. The lowest BCUT2D eigenvalue weighted by Gasteiger charge is -2.12. The number of aromatic nitrogens is 2. The van der Waals surface area contributed by atoms with Crippen LogP contribution < -0.4 is 10.1 Å². The highest BCUT2D eigenvalue weighted by molar-refractivity contribution is 6.29. The van der Waals surface area contributed by atoms with Gasteiger partial charge in [0.2, 0.25) is 0 Å². The Hall–Kier alpha value is -1.81. The highest BCUT2D eigenvalue weighted by Gasteiger charge is 2.08. The van der Waals surface area contributed by atoms with Crippen LogP contribution in [0.4, 0.5) is 11.5 Å². The Morgan fingerprint density at radius 3 is 2.63 bits per heavy atom. The number of hydrogen-bond acceptors (Lipinski definition) is 4. The van der Waals surface area contributed by atoms with E-state index in [1.807, 2.05) is 38.1 Å². The van der Waals surface area contributed by atoms with E-state index in [0.29, 0.717) is 16.8 Å². The monoisotopic (exact) mass is 277 g/mol. The van der Waals surface area contributed by atoms with Crippen LogP contribution in [0.1, 0.15) is 25.6 Å². The first-order chi connectivity index (χ1) is 9.10. The molecule has 5 heteroatoms. The average Bonchev–Trinajstić information content (AvgIpc) is 2.38. The normalized spacial score (nSPS) is 10.6. The number of hydrogen-bond donors (Lipinski definition) is 1. The Morgan fingerprint density at radius 1 is 1.21 bits per heavy atom. The molecule has 1 N–H and O–H groups in total. The minimum absolute atomic E-state index is 0.219. The second-order valence-corrected chi connectivity index (χ2v) is 4.80. The van der Waals surface area contributed by atoms with E-state index in [9.17, 15) is 0 Å². The predicted molar refractivity (Wildman–Crippen MR) is 77.4 cm³/mol. The fourth-order valence-corrected chi connectivity index (χ4v) is 1.83. The summed E-state index contributed by atoms with van der Waals surface area (Å²) in [6.45, 7) is 4.05. The summed E-state index contributed by atoms with van der Waals surface area (Å²) in [5.41, 5.74) is 0.842. The molecule has 1 heterocycles. The highest BCUT2D eigenvalue weighted by atomic mass is 35.5. The summed E-state index contributed by atoms with van der Waals surface area (Å²) in [5, 5.41) is 3.63. The molecule has 19 heavy (non-hydrogen) atoms. The number of nitrogens with zero attached hydrogens (tertiary/aromatic N) is 2. The van der Waals surface area contributed by atoms with Crippen molar-refractivity contribution < 1.29 is 4.74 Å². The van der Waals surface area contributed by atoms with Crippen molar-refractivity contribution in [3.05, 3.63) is 41.3 Å². The Morgan fingerprint density at radius 2 is 1.95 bits per heavy atom. The summed E-state index contributed by atoms with van der Waals surface area (Å²) in [5.74, 6) is 2.35. The number of halogens is 1. The summed E-state index contributed by atoms with van der Waals surface area (Å²) >= 11 is 6.01. The van der Waals surface area contributed by atoms with Crippen molar-refractivity contribution in [1.82, 2.24) is 9.97 Å². The minimum Gasteiger partial charge on any atom is -0.495 e. The molecule has 0 fully saturated rings. The number of methoxy groups -OCH3 is 1. The van der Waals surface area contributed by atoms with Crippen LogP contribution in [-0.2, 0) is 0 Å². The van der Waals surface area contributed by atoms with Crippen LogP contribution in [0.25, 0.3) is 0 Å². The van der Waals surface area contributed by atoms with Crippen molar-refractivity contribution >= 4 is 23.1 Å². The first-order valence-corrected chi connectivity index (χ1v) is 6.42.